The first kappa shape index (κ1) is 14.6. The van der Waals surface area contributed by atoms with Crippen LogP contribution in [0.3, 0.4) is 0 Å². The Morgan fingerprint density at radius 2 is 2.10 bits per heavy atom. The summed E-state index contributed by atoms with van der Waals surface area (Å²) in [6.07, 6.45) is 0. The standard InChI is InChI=1S/C14H16BrN3O2/c1-8-4-10(14(19)20)6-11(5-8)16-7-12-13(15)9(2)17-18(12)3/h4-6,16H,7H2,1-3H3,(H,19,20). The maximum Gasteiger partial charge on any atom is 0.335 e. The summed E-state index contributed by atoms with van der Waals surface area (Å²) in [5.74, 6) is -0.922. The molecule has 0 bridgehead atoms. The number of aromatic nitrogens is 2. The smallest absolute Gasteiger partial charge is 0.335 e. The molecular formula is C14H16BrN3O2. The second-order valence-corrected chi connectivity index (χ2v) is 5.51. The Morgan fingerprint density at radius 1 is 1.40 bits per heavy atom. The summed E-state index contributed by atoms with van der Waals surface area (Å²) in [7, 11) is 1.88. The summed E-state index contributed by atoms with van der Waals surface area (Å²) in [6, 6.07) is 5.20. The van der Waals surface area contributed by atoms with Gasteiger partial charge in [-0.3, -0.25) is 4.68 Å². The quantitative estimate of drug-likeness (QED) is 0.899. The van der Waals surface area contributed by atoms with Crippen LogP contribution in [-0.4, -0.2) is 20.9 Å². The molecule has 0 radical (unpaired) electrons. The van der Waals surface area contributed by atoms with Crippen molar-refractivity contribution in [3.63, 3.8) is 0 Å². The van der Waals surface area contributed by atoms with Crippen molar-refractivity contribution < 1.29 is 9.90 Å². The van der Waals surface area contributed by atoms with E-state index in [4.69, 9.17) is 5.11 Å². The first-order chi connectivity index (χ1) is 9.38. The molecule has 0 atom stereocenters. The largest absolute Gasteiger partial charge is 0.478 e. The van der Waals surface area contributed by atoms with Crippen LogP contribution in [0.2, 0.25) is 0 Å². The van der Waals surface area contributed by atoms with Gasteiger partial charge in [0.05, 0.1) is 28.0 Å². The molecule has 0 saturated heterocycles. The van der Waals surface area contributed by atoms with E-state index in [-0.39, 0.29) is 5.56 Å². The number of nitrogens with one attached hydrogen (secondary N) is 1. The molecule has 1 heterocycles. The normalized spacial score (nSPS) is 10.6. The van der Waals surface area contributed by atoms with Gasteiger partial charge in [0.15, 0.2) is 0 Å². The Balaban J connectivity index is 2.21. The molecule has 106 valence electrons. The molecule has 2 aromatic rings. The van der Waals surface area contributed by atoms with Crippen molar-refractivity contribution in [2.75, 3.05) is 5.32 Å². The molecule has 0 aliphatic rings. The number of carboxylic acid groups (broad SMARTS) is 1. The first-order valence-corrected chi connectivity index (χ1v) is 6.94. The van der Waals surface area contributed by atoms with Gasteiger partial charge in [0.1, 0.15) is 0 Å². The SMILES string of the molecule is Cc1cc(NCc2c(Br)c(C)nn2C)cc(C(=O)O)c1. The molecule has 2 N–H and O–H groups in total. The number of aryl methyl sites for hydroxylation is 3. The van der Waals surface area contributed by atoms with Crippen LogP contribution in [0.5, 0.6) is 0 Å². The van der Waals surface area contributed by atoms with Gasteiger partial charge in [-0.1, -0.05) is 0 Å². The molecule has 5 nitrogen and oxygen atoms in total. The second kappa shape index (κ2) is 5.66. The Kier molecular flexibility index (Phi) is 4.13. The number of hydrogen-bond donors (Lipinski definition) is 2. The molecule has 1 aromatic heterocycles. The van der Waals surface area contributed by atoms with Crippen molar-refractivity contribution in [3.8, 4) is 0 Å². The van der Waals surface area contributed by atoms with E-state index in [1.807, 2.05) is 27.0 Å². The zero-order valence-corrected chi connectivity index (χ0v) is 13.2. The lowest BCUT2D eigenvalue weighted by Gasteiger charge is -2.09. The fourth-order valence-corrected chi connectivity index (χ4v) is 2.54. The number of aromatic carboxylic acids is 1. The molecule has 0 saturated carbocycles. The molecule has 0 unspecified atom stereocenters. The van der Waals surface area contributed by atoms with Gasteiger partial charge in [0, 0.05) is 12.7 Å². The molecule has 0 aliphatic carbocycles. The average molecular weight is 338 g/mol. The Morgan fingerprint density at radius 3 is 2.65 bits per heavy atom. The van der Waals surface area contributed by atoms with Crippen molar-refractivity contribution in [1.82, 2.24) is 9.78 Å². The van der Waals surface area contributed by atoms with Crippen LogP contribution in [0.1, 0.15) is 27.3 Å². The third-order valence-electron chi connectivity index (χ3n) is 3.05. The highest BCUT2D eigenvalue weighted by atomic mass is 79.9. The van der Waals surface area contributed by atoms with Crippen LogP contribution >= 0.6 is 15.9 Å². The third-order valence-corrected chi connectivity index (χ3v) is 4.08. The zero-order chi connectivity index (χ0) is 14.9. The van der Waals surface area contributed by atoms with Crippen molar-refractivity contribution in [1.29, 1.82) is 0 Å². The number of anilines is 1. The maximum atomic E-state index is 11.0. The summed E-state index contributed by atoms with van der Waals surface area (Å²) in [4.78, 5) is 11.0. The number of hydrogen-bond acceptors (Lipinski definition) is 3. The molecule has 0 spiro atoms. The van der Waals surface area contributed by atoms with Crippen LogP contribution in [0.4, 0.5) is 5.69 Å². The first-order valence-electron chi connectivity index (χ1n) is 6.15. The van der Waals surface area contributed by atoms with Gasteiger partial charge in [-0.15, -0.1) is 0 Å². The highest BCUT2D eigenvalue weighted by molar-refractivity contribution is 9.10. The lowest BCUT2D eigenvalue weighted by molar-refractivity contribution is 0.0697. The summed E-state index contributed by atoms with van der Waals surface area (Å²) in [6.45, 7) is 4.38. The van der Waals surface area contributed by atoms with Crippen LogP contribution in [0, 0.1) is 13.8 Å². The Hall–Kier alpha value is -1.82. The lowest BCUT2D eigenvalue weighted by Crippen LogP contribution is -2.07. The monoisotopic (exact) mass is 337 g/mol. The van der Waals surface area contributed by atoms with E-state index < -0.39 is 5.97 Å². The van der Waals surface area contributed by atoms with E-state index in [2.05, 4.69) is 26.3 Å². The number of carboxylic acids is 1. The van der Waals surface area contributed by atoms with E-state index >= 15 is 0 Å². The van der Waals surface area contributed by atoms with Crippen LogP contribution in [0.25, 0.3) is 0 Å². The van der Waals surface area contributed by atoms with E-state index in [0.717, 1.165) is 27.1 Å². The van der Waals surface area contributed by atoms with E-state index in [1.54, 1.807) is 16.8 Å². The third kappa shape index (κ3) is 3.01. The fourth-order valence-electron chi connectivity index (χ4n) is 2.07. The highest BCUT2D eigenvalue weighted by Gasteiger charge is 2.11. The highest BCUT2D eigenvalue weighted by Crippen LogP contribution is 2.22. The fraction of sp³-hybridized carbons (Fsp3) is 0.286. The van der Waals surface area contributed by atoms with E-state index in [0.29, 0.717) is 6.54 Å². The topological polar surface area (TPSA) is 67.2 Å². The minimum absolute atomic E-state index is 0.285. The summed E-state index contributed by atoms with van der Waals surface area (Å²) >= 11 is 3.51. The number of benzene rings is 1. The van der Waals surface area contributed by atoms with E-state index in [1.165, 1.54) is 0 Å². The van der Waals surface area contributed by atoms with Gasteiger partial charge in [-0.25, -0.2) is 4.79 Å². The summed E-state index contributed by atoms with van der Waals surface area (Å²) in [5.41, 5.74) is 3.93. The zero-order valence-electron chi connectivity index (χ0n) is 11.6. The van der Waals surface area contributed by atoms with Gasteiger partial charge in [0.2, 0.25) is 0 Å². The average Bonchev–Trinajstić information content (AvgIpc) is 2.60. The number of rotatable bonds is 4. The van der Waals surface area contributed by atoms with Gasteiger partial charge in [0.25, 0.3) is 0 Å². The van der Waals surface area contributed by atoms with Crippen molar-refractivity contribution >= 4 is 27.6 Å². The summed E-state index contributed by atoms with van der Waals surface area (Å²) in [5, 5.41) is 16.6. The molecule has 20 heavy (non-hydrogen) atoms. The Bertz CT molecular complexity index is 665. The Labute approximate surface area is 125 Å². The predicted octanol–water partition coefficient (Wildman–Crippen LogP) is 3.11. The van der Waals surface area contributed by atoms with Gasteiger partial charge >= 0.3 is 5.97 Å². The van der Waals surface area contributed by atoms with Crippen LogP contribution in [-0.2, 0) is 13.6 Å². The van der Waals surface area contributed by atoms with Crippen LogP contribution in [0.15, 0.2) is 22.7 Å². The molecule has 6 heteroatoms. The molecule has 0 fully saturated rings. The molecule has 2 rings (SSSR count). The minimum Gasteiger partial charge on any atom is -0.478 e. The van der Waals surface area contributed by atoms with Crippen molar-refractivity contribution in [2.45, 2.75) is 20.4 Å². The van der Waals surface area contributed by atoms with Crippen molar-refractivity contribution in [3.05, 3.63) is 45.2 Å². The second-order valence-electron chi connectivity index (χ2n) is 4.72. The minimum atomic E-state index is -0.922. The van der Waals surface area contributed by atoms with E-state index in [9.17, 15) is 4.79 Å². The molecule has 1 aromatic carbocycles. The summed E-state index contributed by atoms with van der Waals surface area (Å²) < 4.78 is 2.78. The van der Waals surface area contributed by atoms with Gasteiger partial charge < -0.3 is 10.4 Å². The molecule has 0 aliphatic heterocycles. The van der Waals surface area contributed by atoms with Crippen molar-refractivity contribution in [2.24, 2.45) is 7.05 Å². The van der Waals surface area contributed by atoms with Crippen LogP contribution < -0.4 is 5.32 Å². The molecular weight excluding hydrogens is 322 g/mol. The maximum absolute atomic E-state index is 11.0. The number of nitrogens with zero attached hydrogens (tertiary/aromatic N) is 2. The van der Waals surface area contributed by atoms with Gasteiger partial charge in [-0.2, -0.15) is 5.10 Å². The lowest BCUT2D eigenvalue weighted by atomic mass is 10.1. The molecule has 0 amide bonds. The predicted molar refractivity (Wildman–Crippen MR) is 81.1 cm³/mol. The number of halogens is 1. The number of carbonyl (C=O) groups is 1. The van der Waals surface area contributed by atoms with Gasteiger partial charge in [-0.05, 0) is 53.5 Å².